The third-order valence-electron chi connectivity index (χ3n) is 3.14. The van der Waals surface area contributed by atoms with Gasteiger partial charge in [0.05, 0.1) is 5.69 Å². The summed E-state index contributed by atoms with van der Waals surface area (Å²) in [4.78, 5) is 8.26. The van der Waals surface area contributed by atoms with Gasteiger partial charge in [0.1, 0.15) is 5.15 Å². The molecule has 0 bridgehead atoms. The van der Waals surface area contributed by atoms with Gasteiger partial charge in [0.2, 0.25) is 5.28 Å². The van der Waals surface area contributed by atoms with E-state index in [0.29, 0.717) is 10.6 Å². The van der Waals surface area contributed by atoms with E-state index in [9.17, 15) is 0 Å². The summed E-state index contributed by atoms with van der Waals surface area (Å²) in [6.07, 6.45) is 4.68. The van der Waals surface area contributed by atoms with Gasteiger partial charge in [-0.2, -0.15) is 0 Å². The van der Waals surface area contributed by atoms with Crippen LogP contribution in [0.2, 0.25) is 10.4 Å². The second-order valence-corrected chi connectivity index (χ2v) is 4.59. The van der Waals surface area contributed by atoms with Crippen molar-refractivity contribution in [3.05, 3.63) is 21.7 Å². The van der Waals surface area contributed by atoms with Crippen LogP contribution >= 0.6 is 23.2 Å². The zero-order valence-electron chi connectivity index (χ0n) is 6.98. The molecule has 2 nitrogen and oxygen atoms in total. The van der Waals surface area contributed by atoms with Crippen LogP contribution in [0.1, 0.15) is 30.5 Å². The summed E-state index contributed by atoms with van der Waals surface area (Å²) in [6, 6.07) is 0. The molecule has 0 saturated heterocycles. The SMILES string of the molecule is Clc1nc(Cl)c2c(n1)C1(CC2)CC1. The highest BCUT2D eigenvalue weighted by molar-refractivity contribution is 6.32. The van der Waals surface area contributed by atoms with E-state index in [1.807, 2.05) is 0 Å². The molecule has 0 N–H and O–H groups in total. The van der Waals surface area contributed by atoms with Crippen LogP contribution < -0.4 is 0 Å². The summed E-state index contributed by atoms with van der Waals surface area (Å²) in [5, 5.41) is 0.843. The normalized spacial score (nSPS) is 22.0. The van der Waals surface area contributed by atoms with E-state index in [0.717, 1.165) is 17.7 Å². The van der Waals surface area contributed by atoms with Crippen LogP contribution in [-0.4, -0.2) is 9.97 Å². The molecule has 2 aliphatic carbocycles. The molecule has 0 aliphatic heterocycles. The maximum Gasteiger partial charge on any atom is 0.224 e. The van der Waals surface area contributed by atoms with Gasteiger partial charge in [-0.15, -0.1) is 0 Å². The Kier molecular flexibility index (Phi) is 1.46. The highest BCUT2D eigenvalue weighted by Gasteiger charge is 2.50. The van der Waals surface area contributed by atoms with E-state index < -0.39 is 0 Å². The Morgan fingerprint density at radius 3 is 2.54 bits per heavy atom. The predicted octanol–water partition coefficient (Wildman–Crippen LogP) is 2.76. The van der Waals surface area contributed by atoms with Crippen LogP contribution in [0.3, 0.4) is 0 Å². The molecule has 1 heterocycles. The van der Waals surface area contributed by atoms with E-state index in [-0.39, 0.29) is 5.28 Å². The number of nitrogens with zero attached hydrogens (tertiary/aromatic N) is 2. The molecule has 0 amide bonds. The number of rotatable bonds is 0. The van der Waals surface area contributed by atoms with Gasteiger partial charge in [-0.05, 0) is 37.3 Å². The van der Waals surface area contributed by atoms with Crippen molar-refractivity contribution < 1.29 is 0 Å². The van der Waals surface area contributed by atoms with Gasteiger partial charge in [0.15, 0.2) is 0 Å². The lowest BCUT2D eigenvalue weighted by Crippen LogP contribution is -2.04. The van der Waals surface area contributed by atoms with Gasteiger partial charge in [-0.1, -0.05) is 11.6 Å². The Bertz CT molecular complexity index is 385. The fraction of sp³-hybridized carbons (Fsp3) is 0.556. The van der Waals surface area contributed by atoms with E-state index in [2.05, 4.69) is 9.97 Å². The molecule has 4 heteroatoms. The van der Waals surface area contributed by atoms with Crippen molar-refractivity contribution >= 4 is 23.2 Å². The summed E-state index contributed by atoms with van der Waals surface area (Å²) in [5.74, 6) is 0. The molecular formula is C9H8Cl2N2. The van der Waals surface area contributed by atoms with Gasteiger partial charge in [-0.3, -0.25) is 0 Å². The first-order valence-corrected chi connectivity index (χ1v) is 5.19. The average Bonchev–Trinajstić information content (AvgIpc) is 2.73. The highest BCUT2D eigenvalue weighted by atomic mass is 35.5. The van der Waals surface area contributed by atoms with Crippen molar-refractivity contribution in [1.29, 1.82) is 0 Å². The Morgan fingerprint density at radius 1 is 1.08 bits per heavy atom. The van der Waals surface area contributed by atoms with E-state index in [1.165, 1.54) is 19.3 Å². The summed E-state index contributed by atoms with van der Waals surface area (Å²) in [7, 11) is 0. The quantitative estimate of drug-likeness (QED) is 0.491. The maximum atomic E-state index is 5.99. The van der Waals surface area contributed by atoms with Crippen LogP contribution in [0.4, 0.5) is 0 Å². The largest absolute Gasteiger partial charge is 0.224 e. The molecule has 1 aromatic rings. The molecule has 3 rings (SSSR count). The third-order valence-corrected chi connectivity index (χ3v) is 3.62. The van der Waals surface area contributed by atoms with Gasteiger partial charge in [-0.25, -0.2) is 9.97 Å². The molecule has 68 valence electrons. The summed E-state index contributed by atoms with van der Waals surface area (Å²) in [5.41, 5.74) is 2.59. The van der Waals surface area contributed by atoms with Gasteiger partial charge in [0, 0.05) is 11.0 Å². The molecule has 0 unspecified atom stereocenters. The number of hydrogen-bond acceptors (Lipinski definition) is 2. The Labute approximate surface area is 86.3 Å². The number of fused-ring (bicyclic) bond motifs is 2. The second kappa shape index (κ2) is 2.37. The summed E-state index contributed by atoms with van der Waals surface area (Å²) >= 11 is 11.8. The zero-order valence-corrected chi connectivity index (χ0v) is 8.49. The topological polar surface area (TPSA) is 25.8 Å². The number of hydrogen-bond donors (Lipinski definition) is 0. The Morgan fingerprint density at radius 2 is 1.85 bits per heavy atom. The van der Waals surface area contributed by atoms with Gasteiger partial charge < -0.3 is 0 Å². The van der Waals surface area contributed by atoms with Crippen molar-refractivity contribution in [2.45, 2.75) is 31.1 Å². The van der Waals surface area contributed by atoms with E-state index in [4.69, 9.17) is 23.2 Å². The van der Waals surface area contributed by atoms with Crippen LogP contribution in [0.5, 0.6) is 0 Å². The molecule has 0 aromatic carbocycles. The monoisotopic (exact) mass is 214 g/mol. The van der Waals surface area contributed by atoms with Gasteiger partial charge >= 0.3 is 0 Å². The lowest BCUT2D eigenvalue weighted by atomic mass is 10.1. The molecule has 0 radical (unpaired) electrons. The molecular weight excluding hydrogens is 207 g/mol. The minimum atomic E-state index is 0.289. The average molecular weight is 215 g/mol. The predicted molar refractivity (Wildman–Crippen MR) is 51.3 cm³/mol. The van der Waals surface area contributed by atoms with Crippen molar-refractivity contribution in [3.8, 4) is 0 Å². The van der Waals surface area contributed by atoms with Crippen molar-refractivity contribution in [2.24, 2.45) is 0 Å². The Hall–Kier alpha value is -0.340. The maximum absolute atomic E-state index is 5.99. The van der Waals surface area contributed by atoms with Gasteiger partial charge in [0.25, 0.3) is 0 Å². The fourth-order valence-electron chi connectivity index (χ4n) is 2.21. The molecule has 1 fully saturated rings. The molecule has 2 aliphatic rings. The Balaban J connectivity index is 2.24. The zero-order chi connectivity index (χ0) is 9.05. The molecule has 0 atom stereocenters. The summed E-state index contributed by atoms with van der Waals surface area (Å²) in [6.45, 7) is 0. The molecule has 1 aromatic heterocycles. The highest BCUT2D eigenvalue weighted by Crippen LogP contribution is 2.56. The van der Waals surface area contributed by atoms with E-state index >= 15 is 0 Å². The lowest BCUT2D eigenvalue weighted by Gasteiger charge is -2.06. The first kappa shape index (κ1) is 8.01. The fourth-order valence-corrected chi connectivity index (χ4v) is 2.69. The smallest absolute Gasteiger partial charge is 0.222 e. The van der Waals surface area contributed by atoms with Crippen LogP contribution in [0, 0.1) is 0 Å². The second-order valence-electron chi connectivity index (χ2n) is 3.89. The lowest BCUT2D eigenvalue weighted by molar-refractivity contribution is 0.664. The number of halogens is 2. The minimum Gasteiger partial charge on any atom is -0.222 e. The van der Waals surface area contributed by atoms with Crippen molar-refractivity contribution in [1.82, 2.24) is 9.97 Å². The van der Waals surface area contributed by atoms with Crippen molar-refractivity contribution in [3.63, 3.8) is 0 Å². The van der Waals surface area contributed by atoms with Crippen LogP contribution in [-0.2, 0) is 11.8 Å². The first-order chi connectivity index (χ1) is 6.21. The summed E-state index contributed by atoms with van der Waals surface area (Å²) < 4.78 is 0. The first-order valence-electron chi connectivity index (χ1n) is 4.44. The standard InChI is InChI=1S/C9H8Cl2N2/c10-7-5-1-2-9(3-4-9)6(5)12-8(11)13-7/h1-4H2. The van der Waals surface area contributed by atoms with Crippen molar-refractivity contribution in [2.75, 3.05) is 0 Å². The van der Waals surface area contributed by atoms with E-state index in [1.54, 1.807) is 0 Å². The third kappa shape index (κ3) is 1.02. The van der Waals surface area contributed by atoms with Crippen LogP contribution in [0.15, 0.2) is 0 Å². The van der Waals surface area contributed by atoms with Crippen LogP contribution in [0.25, 0.3) is 0 Å². The number of aromatic nitrogens is 2. The minimum absolute atomic E-state index is 0.289. The molecule has 1 spiro atoms. The molecule has 1 saturated carbocycles. The molecule has 13 heavy (non-hydrogen) atoms.